The average Bonchev–Trinajstić information content (AvgIpc) is 3.55. The summed E-state index contributed by atoms with van der Waals surface area (Å²) >= 11 is 6.56. The summed E-state index contributed by atoms with van der Waals surface area (Å²) < 4.78 is 17.3. The highest BCUT2D eigenvalue weighted by Gasteiger charge is 2.48. The minimum atomic E-state index is -0.610. The molecule has 3 aliphatic heterocycles. The molecule has 9 heteroatoms. The standard InChI is InChI=1S/C23H24ClN3O5/c24-15-7-16-17(8-20(25-16)32-19-11-31-22-18(29)10-30-23(19)22)26-21(15)12-1-3-13(4-2-12)27-6-5-14(28)9-27/h1-4,7-8,14,18-19,22-23,25,28-29H,5-6,9-11H2/t14-,18-,19-,22?,23?/m1/s1. The van der Waals surface area contributed by atoms with Crippen LogP contribution in [0.5, 0.6) is 5.88 Å². The summed E-state index contributed by atoms with van der Waals surface area (Å²) in [5, 5.41) is 20.2. The van der Waals surface area contributed by atoms with Crippen LogP contribution >= 0.6 is 11.6 Å². The summed E-state index contributed by atoms with van der Waals surface area (Å²) in [5.41, 5.74) is 4.22. The molecule has 3 fully saturated rings. The average molecular weight is 458 g/mol. The number of aromatic amines is 1. The van der Waals surface area contributed by atoms with Crippen molar-refractivity contribution in [3.05, 3.63) is 41.4 Å². The zero-order valence-corrected chi connectivity index (χ0v) is 18.0. The van der Waals surface area contributed by atoms with E-state index in [1.807, 2.05) is 36.4 Å². The first-order valence-corrected chi connectivity index (χ1v) is 11.2. The van der Waals surface area contributed by atoms with E-state index in [9.17, 15) is 10.2 Å². The van der Waals surface area contributed by atoms with E-state index in [1.54, 1.807) is 0 Å². The molecular formula is C23H24ClN3O5. The van der Waals surface area contributed by atoms with Crippen LogP contribution in [0.1, 0.15) is 6.42 Å². The number of hydrogen-bond donors (Lipinski definition) is 3. The summed E-state index contributed by atoms with van der Waals surface area (Å²) in [7, 11) is 0. The van der Waals surface area contributed by atoms with Crippen molar-refractivity contribution in [2.45, 2.75) is 36.9 Å². The third-order valence-corrected chi connectivity index (χ3v) is 6.75. The predicted molar refractivity (Wildman–Crippen MR) is 119 cm³/mol. The van der Waals surface area contributed by atoms with E-state index in [0.717, 1.165) is 35.2 Å². The fourth-order valence-corrected chi connectivity index (χ4v) is 5.05. The van der Waals surface area contributed by atoms with Gasteiger partial charge < -0.3 is 34.3 Å². The molecule has 32 heavy (non-hydrogen) atoms. The van der Waals surface area contributed by atoms with E-state index in [-0.39, 0.29) is 31.0 Å². The van der Waals surface area contributed by atoms with Crippen LogP contribution in [0, 0.1) is 0 Å². The number of ether oxygens (including phenoxy) is 3. The summed E-state index contributed by atoms with van der Waals surface area (Å²) in [4.78, 5) is 10.1. The Labute approximate surface area is 189 Å². The number of aliphatic hydroxyl groups is 2. The van der Waals surface area contributed by atoms with E-state index in [1.165, 1.54) is 0 Å². The Balaban J connectivity index is 1.23. The number of halogens is 1. The van der Waals surface area contributed by atoms with Crippen LogP contribution in [-0.4, -0.2) is 77.0 Å². The second kappa shape index (κ2) is 7.90. The second-order valence-corrected chi connectivity index (χ2v) is 9.05. The van der Waals surface area contributed by atoms with Crippen molar-refractivity contribution in [1.82, 2.24) is 9.97 Å². The van der Waals surface area contributed by atoms with Crippen LogP contribution in [0.25, 0.3) is 22.3 Å². The quantitative estimate of drug-likeness (QED) is 0.553. The number of pyridine rings is 1. The van der Waals surface area contributed by atoms with Crippen molar-refractivity contribution >= 4 is 28.3 Å². The van der Waals surface area contributed by atoms with E-state index in [2.05, 4.69) is 9.88 Å². The van der Waals surface area contributed by atoms with Crippen LogP contribution in [-0.2, 0) is 9.47 Å². The van der Waals surface area contributed by atoms with Crippen molar-refractivity contribution in [2.75, 3.05) is 31.2 Å². The van der Waals surface area contributed by atoms with Crippen LogP contribution in [0.2, 0.25) is 5.02 Å². The highest BCUT2D eigenvalue weighted by atomic mass is 35.5. The third kappa shape index (κ3) is 3.52. The monoisotopic (exact) mass is 457 g/mol. The summed E-state index contributed by atoms with van der Waals surface area (Å²) in [6, 6.07) is 11.8. The van der Waals surface area contributed by atoms with Crippen molar-refractivity contribution in [3.8, 4) is 17.1 Å². The lowest BCUT2D eigenvalue weighted by atomic mass is 10.1. The molecule has 5 atom stereocenters. The number of H-pyrrole nitrogens is 1. The molecule has 2 aromatic heterocycles. The highest BCUT2D eigenvalue weighted by molar-refractivity contribution is 6.33. The zero-order chi connectivity index (χ0) is 21.8. The number of benzene rings is 1. The molecule has 5 heterocycles. The lowest BCUT2D eigenvalue weighted by molar-refractivity contribution is 0.00794. The first-order valence-electron chi connectivity index (χ1n) is 10.9. The molecule has 1 aromatic carbocycles. The minimum Gasteiger partial charge on any atom is -0.470 e. The molecule has 0 amide bonds. The fraction of sp³-hybridized carbons (Fsp3) is 0.435. The SMILES string of the molecule is O[C@@H]1CCN(c2ccc(-c3nc4cc(O[C@@H]5COC6C5OC[C@H]6O)[nH]c4cc3Cl)cc2)C1. The predicted octanol–water partition coefficient (Wildman–Crippen LogP) is 2.36. The van der Waals surface area contributed by atoms with Gasteiger partial charge in [-0.2, -0.15) is 0 Å². The Morgan fingerprint density at radius 3 is 2.69 bits per heavy atom. The second-order valence-electron chi connectivity index (χ2n) is 8.64. The van der Waals surface area contributed by atoms with Crippen molar-refractivity contribution in [2.24, 2.45) is 0 Å². The van der Waals surface area contributed by atoms with Crippen LogP contribution in [0.3, 0.4) is 0 Å². The number of anilines is 1. The Morgan fingerprint density at radius 1 is 1.09 bits per heavy atom. The van der Waals surface area contributed by atoms with Gasteiger partial charge in [-0.15, -0.1) is 0 Å². The van der Waals surface area contributed by atoms with Gasteiger partial charge in [-0.1, -0.05) is 23.7 Å². The number of rotatable bonds is 4. The van der Waals surface area contributed by atoms with E-state index in [4.69, 9.17) is 30.8 Å². The zero-order valence-electron chi connectivity index (χ0n) is 17.3. The molecule has 8 nitrogen and oxygen atoms in total. The molecule has 2 unspecified atom stereocenters. The molecule has 3 aliphatic rings. The molecular weight excluding hydrogens is 434 g/mol. The molecule has 3 aromatic rings. The van der Waals surface area contributed by atoms with Gasteiger partial charge in [0.05, 0.1) is 41.1 Å². The number of nitrogens with zero attached hydrogens (tertiary/aromatic N) is 2. The Hall–Kier alpha value is -2.36. The maximum absolute atomic E-state index is 9.91. The Kier molecular flexibility index (Phi) is 5.00. The number of β-amino-alcohol motifs (C(OH)–C–C–N with tert-alkyl or cyclic N) is 1. The van der Waals surface area contributed by atoms with Crippen LogP contribution < -0.4 is 9.64 Å². The number of aliphatic hydroxyl groups excluding tert-OH is 2. The van der Waals surface area contributed by atoms with E-state index in [0.29, 0.717) is 29.7 Å². The topological polar surface area (TPSA) is 100 Å². The maximum atomic E-state index is 9.91. The molecule has 0 saturated carbocycles. The molecule has 0 bridgehead atoms. The van der Waals surface area contributed by atoms with Gasteiger partial charge in [0.2, 0.25) is 0 Å². The smallest absolute Gasteiger partial charge is 0.193 e. The van der Waals surface area contributed by atoms with Gasteiger partial charge >= 0.3 is 0 Å². The molecule has 168 valence electrons. The normalized spacial score (nSPS) is 29.7. The lowest BCUT2D eigenvalue weighted by Crippen LogP contribution is -2.34. The van der Waals surface area contributed by atoms with Gasteiger partial charge in [0.15, 0.2) is 12.0 Å². The van der Waals surface area contributed by atoms with Gasteiger partial charge in [0, 0.05) is 30.4 Å². The van der Waals surface area contributed by atoms with E-state index < -0.39 is 6.10 Å². The summed E-state index contributed by atoms with van der Waals surface area (Å²) in [6.07, 6.45) is -0.984. The molecule has 0 radical (unpaired) electrons. The molecule has 3 N–H and O–H groups in total. The summed E-state index contributed by atoms with van der Waals surface area (Å²) in [5.74, 6) is 0.558. The van der Waals surface area contributed by atoms with Gasteiger partial charge in [-0.3, -0.25) is 0 Å². The largest absolute Gasteiger partial charge is 0.470 e. The molecule has 6 rings (SSSR count). The number of fused-ring (bicyclic) bond motifs is 2. The lowest BCUT2D eigenvalue weighted by Gasteiger charge is -2.18. The molecule has 0 aliphatic carbocycles. The number of nitrogens with one attached hydrogen (secondary N) is 1. The number of hydrogen-bond acceptors (Lipinski definition) is 7. The minimum absolute atomic E-state index is 0.259. The Bertz CT molecular complexity index is 1140. The first kappa shape index (κ1) is 20.3. The Morgan fingerprint density at radius 2 is 1.91 bits per heavy atom. The third-order valence-electron chi connectivity index (χ3n) is 6.46. The fourth-order valence-electron chi connectivity index (χ4n) is 4.79. The van der Waals surface area contributed by atoms with Crippen molar-refractivity contribution < 1.29 is 24.4 Å². The van der Waals surface area contributed by atoms with Crippen LogP contribution in [0.15, 0.2) is 36.4 Å². The van der Waals surface area contributed by atoms with Gasteiger partial charge in [-0.25, -0.2) is 4.98 Å². The molecule has 3 saturated heterocycles. The number of aromatic nitrogens is 2. The molecule has 0 spiro atoms. The summed E-state index contributed by atoms with van der Waals surface area (Å²) in [6.45, 7) is 2.14. The van der Waals surface area contributed by atoms with Crippen molar-refractivity contribution in [1.29, 1.82) is 0 Å². The van der Waals surface area contributed by atoms with Crippen LogP contribution in [0.4, 0.5) is 5.69 Å². The maximum Gasteiger partial charge on any atom is 0.193 e. The van der Waals surface area contributed by atoms with Gasteiger partial charge in [0.25, 0.3) is 0 Å². The van der Waals surface area contributed by atoms with E-state index >= 15 is 0 Å². The van der Waals surface area contributed by atoms with Gasteiger partial charge in [-0.05, 0) is 24.6 Å². The highest BCUT2D eigenvalue weighted by Crippen LogP contribution is 2.34. The van der Waals surface area contributed by atoms with Crippen molar-refractivity contribution in [3.63, 3.8) is 0 Å². The van der Waals surface area contributed by atoms with Gasteiger partial charge in [0.1, 0.15) is 18.3 Å². The first-order chi connectivity index (χ1) is 15.5.